The van der Waals surface area contributed by atoms with Crippen molar-refractivity contribution < 1.29 is 4.42 Å². The summed E-state index contributed by atoms with van der Waals surface area (Å²) >= 11 is 0. The standard InChI is InChI=1S/C65H41N5O/c1-3-16-40(17-4-1)42-21-15-22-45(34-42)63-66-64(46-31-32-56-51(36-46)49-26-11-13-28-55(49)69(56)47-23-5-2-6-24-47)68-65(67-63)54-38-52-50-27-12-14-29-60(50)71-61(52)39-59(54)70-57-33-30-41-18-9-10-25-48(41)62(57)53-35-43-19-7-8-20-44(43)37-58(53)70/h1-16,18-40H,17H2. The molecular weight excluding hydrogens is 867 g/mol. The zero-order valence-corrected chi connectivity index (χ0v) is 38.4. The van der Waals surface area contributed by atoms with Gasteiger partial charge in [-0.15, -0.1) is 0 Å². The average molecular weight is 908 g/mol. The van der Waals surface area contributed by atoms with Crippen molar-refractivity contribution >= 4 is 87.1 Å². The first-order valence-corrected chi connectivity index (χ1v) is 24.3. The van der Waals surface area contributed by atoms with E-state index < -0.39 is 0 Å². The summed E-state index contributed by atoms with van der Waals surface area (Å²) in [4.78, 5) is 16.5. The molecule has 6 nitrogen and oxygen atoms in total. The Morgan fingerprint density at radius 2 is 1.11 bits per heavy atom. The molecule has 0 fully saturated rings. The highest BCUT2D eigenvalue weighted by molar-refractivity contribution is 6.24. The number of allylic oxidation sites excluding steroid dienone is 4. The largest absolute Gasteiger partial charge is 0.456 e. The topological polar surface area (TPSA) is 61.7 Å². The zero-order chi connectivity index (χ0) is 46.6. The second kappa shape index (κ2) is 15.6. The lowest BCUT2D eigenvalue weighted by Crippen LogP contribution is -2.04. The highest BCUT2D eigenvalue weighted by Crippen LogP contribution is 2.44. The molecule has 71 heavy (non-hydrogen) atoms. The van der Waals surface area contributed by atoms with Crippen molar-refractivity contribution in [3.63, 3.8) is 0 Å². The molecular formula is C65H41N5O. The van der Waals surface area contributed by atoms with E-state index in [0.717, 1.165) is 94.6 Å². The lowest BCUT2D eigenvalue weighted by atomic mass is 9.91. The molecule has 4 heterocycles. The van der Waals surface area contributed by atoms with Gasteiger partial charge >= 0.3 is 0 Å². The molecule has 14 aromatic rings. The predicted octanol–water partition coefficient (Wildman–Crippen LogP) is 16.9. The Morgan fingerprint density at radius 3 is 1.96 bits per heavy atom. The summed E-state index contributed by atoms with van der Waals surface area (Å²) in [5.41, 5.74) is 12.0. The van der Waals surface area contributed by atoms with E-state index in [4.69, 9.17) is 19.4 Å². The Labute approximate surface area is 407 Å². The van der Waals surface area contributed by atoms with Crippen LogP contribution in [0.15, 0.2) is 235 Å². The van der Waals surface area contributed by atoms with Crippen molar-refractivity contribution in [2.75, 3.05) is 0 Å². The van der Waals surface area contributed by atoms with Crippen LogP contribution in [0.25, 0.3) is 133 Å². The fourth-order valence-electron chi connectivity index (χ4n) is 11.3. The number of furan rings is 1. The summed E-state index contributed by atoms with van der Waals surface area (Å²) in [6.45, 7) is 0. The third-order valence-corrected chi connectivity index (χ3v) is 14.6. The van der Waals surface area contributed by atoms with Gasteiger partial charge in [-0.3, -0.25) is 0 Å². The molecule has 1 aliphatic carbocycles. The second-order valence-corrected chi connectivity index (χ2v) is 18.7. The van der Waals surface area contributed by atoms with Gasteiger partial charge in [0.25, 0.3) is 0 Å². The molecule has 0 N–H and O–H groups in total. The summed E-state index contributed by atoms with van der Waals surface area (Å²) in [7, 11) is 0. The molecule has 0 saturated heterocycles. The molecule has 6 heteroatoms. The van der Waals surface area contributed by atoms with Gasteiger partial charge in [0, 0.05) is 66.7 Å². The highest BCUT2D eigenvalue weighted by atomic mass is 16.3. The number of hydrogen-bond acceptors (Lipinski definition) is 4. The summed E-state index contributed by atoms with van der Waals surface area (Å²) in [5.74, 6) is 2.03. The minimum Gasteiger partial charge on any atom is -0.456 e. The lowest BCUT2D eigenvalue weighted by molar-refractivity contribution is 0.668. The SMILES string of the molecule is C1=CCC(c2cccc(-c3nc(-c4ccc5c(c4)c4ccccc4n5-c4ccccc4)nc(-c4cc5c(cc4-n4c6cc7ccccc7cc6c6c7ccccc7ccc64)oc4ccccc45)n3)c2)C=C1. The van der Waals surface area contributed by atoms with Gasteiger partial charge in [-0.1, -0.05) is 152 Å². The van der Waals surface area contributed by atoms with Gasteiger partial charge in [0.05, 0.1) is 27.8 Å². The van der Waals surface area contributed by atoms with Crippen molar-refractivity contribution in [3.05, 3.63) is 236 Å². The molecule has 0 amide bonds. The Kier molecular flexibility index (Phi) is 8.68. The molecule has 15 rings (SSSR count). The van der Waals surface area contributed by atoms with E-state index in [-0.39, 0.29) is 5.92 Å². The summed E-state index contributed by atoms with van der Waals surface area (Å²) in [6, 6.07) is 73.8. The molecule has 0 saturated carbocycles. The first-order chi connectivity index (χ1) is 35.2. The van der Waals surface area contributed by atoms with Gasteiger partial charge in [0.2, 0.25) is 0 Å². The van der Waals surface area contributed by atoms with Crippen molar-refractivity contribution in [2.45, 2.75) is 12.3 Å². The Balaban J connectivity index is 1.04. The Hall–Kier alpha value is -9.39. The maximum Gasteiger partial charge on any atom is 0.166 e. The number of rotatable bonds is 6. The molecule has 4 aromatic heterocycles. The van der Waals surface area contributed by atoms with Crippen LogP contribution in [0.1, 0.15) is 17.9 Å². The summed E-state index contributed by atoms with van der Waals surface area (Å²) in [6.07, 6.45) is 9.72. The monoisotopic (exact) mass is 907 g/mol. The van der Waals surface area contributed by atoms with E-state index in [9.17, 15) is 0 Å². The molecule has 0 bridgehead atoms. The van der Waals surface area contributed by atoms with Crippen LogP contribution < -0.4 is 0 Å². The van der Waals surface area contributed by atoms with E-state index in [1.807, 2.05) is 12.1 Å². The first kappa shape index (κ1) is 39.6. The first-order valence-electron chi connectivity index (χ1n) is 24.3. The Morgan fingerprint density at radius 1 is 0.408 bits per heavy atom. The smallest absolute Gasteiger partial charge is 0.166 e. The van der Waals surface area contributed by atoms with Gasteiger partial charge in [-0.05, 0) is 106 Å². The van der Waals surface area contributed by atoms with Crippen LogP contribution in [0.4, 0.5) is 0 Å². The minimum absolute atomic E-state index is 0.260. The fraction of sp³-hybridized carbons (Fsp3) is 0.0308. The van der Waals surface area contributed by atoms with Crippen molar-refractivity contribution in [1.82, 2.24) is 24.1 Å². The zero-order valence-electron chi connectivity index (χ0n) is 38.4. The lowest BCUT2D eigenvalue weighted by Gasteiger charge is -2.16. The van der Waals surface area contributed by atoms with Gasteiger partial charge in [-0.25, -0.2) is 15.0 Å². The molecule has 0 aliphatic heterocycles. The number of hydrogen-bond donors (Lipinski definition) is 0. The second-order valence-electron chi connectivity index (χ2n) is 18.7. The molecule has 0 radical (unpaired) electrons. The predicted molar refractivity (Wildman–Crippen MR) is 293 cm³/mol. The highest BCUT2D eigenvalue weighted by Gasteiger charge is 2.24. The van der Waals surface area contributed by atoms with E-state index in [2.05, 4.69) is 228 Å². The van der Waals surface area contributed by atoms with Crippen molar-refractivity contribution in [1.29, 1.82) is 0 Å². The number of benzene rings is 10. The van der Waals surface area contributed by atoms with Gasteiger partial charge < -0.3 is 13.6 Å². The van der Waals surface area contributed by atoms with Crippen LogP contribution >= 0.6 is 0 Å². The van der Waals surface area contributed by atoms with Crippen molar-refractivity contribution in [3.8, 4) is 45.5 Å². The third kappa shape index (κ3) is 6.24. The van der Waals surface area contributed by atoms with Crippen LogP contribution in [0.2, 0.25) is 0 Å². The van der Waals surface area contributed by atoms with E-state index >= 15 is 0 Å². The normalized spacial score (nSPS) is 13.9. The van der Waals surface area contributed by atoms with Crippen LogP contribution in [-0.2, 0) is 0 Å². The van der Waals surface area contributed by atoms with Crippen LogP contribution in [0.3, 0.4) is 0 Å². The van der Waals surface area contributed by atoms with E-state index in [1.54, 1.807) is 0 Å². The summed E-state index contributed by atoms with van der Waals surface area (Å²) in [5, 5.41) is 11.4. The maximum atomic E-state index is 6.73. The summed E-state index contributed by atoms with van der Waals surface area (Å²) < 4.78 is 11.5. The number of nitrogens with zero attached hydrogens (tertiary/aromatic N) is 5. The number of fused-ring (bicyclic) bond motifs is 12. The third-order valence-electron chi connectivity index (χ3n) is 14.6. The van der Waals surface area contributed by atoms with Crippen LogP contribution in [-0.4, -0.2) is 24.1 Å². The fourth-order valence-corrected chi connectivity index (χ4v) is 11.3. The number of aromatic nitrogens is 5. The molecule has 1 unspecified atom stereocenters. The van der Waals surface area contributed by atoms with Crippen molar-refractivity contribution in [2.24, 2.45) is 0 Å². The quantitative estimate of drug-likeness (QED) is 0.167. The van der Waals surface area contributed by atoms with Crippen LogP contribution in [0, 0.1) is 0 Å². The average Bonchev–Trinajstić information content (AvgIpc) is 4.09. The Bertz CT molecular complexity index is 4570. The van der Waals surface area contributed by atoms with E-state index in [0.29, 0.717) is 17.5 Å². The minimum atomic E-state index is 0.260. The van der Waals surface area contributed by atoms with Gasteiger partial charge in [0.1, 0.15) is 11.2 Å². The van der Waals surface area contributed by atoms with Crippen LogP contribution in [0.5, 0.6) is 0 Å². The molecule has 0 spiro atoms. The number of para-hydroxylation sites is 3. The van der Waals surface area contributed by atoms with Gasteiger partial charge in [-0.2, -0.15) is 0 Å². The molecule has 1 aliphatic rings. The molecule has 10 aromatic carbocycles. The molecule has 1 atom stereocenters. The molecule has 332 valence electrons. The van der Waals surface area contributed by atoms with Gasteiger partial charge in [0.15, 0.2) is 17.5 Å². The maximum absolute atomic E-state index is 6.73. The van der Waals surface area contributed by atoms with E-state index in [1.165, 1.54) is 32.5 Å².